The molecule has 0 spiro atoms. The van der Waals surface area contributed by atoms with Crippen LogP contribution < -0.4 is 5.73 Å². The molecule has 7 nitrogen and oxygen atoms in total. The van der Waals surface area contributed by atoms with E-state index >= 15 is 0 Å². The van der Waals surface area contributed by atoms with Gasteiger partial charge in [-0.25, -0.2) is 4.79 Å². The molecular weight excluding hydrogens is 360 g/mol. The van der Waals surface area contributed by atoms with Crippen LogP contribution in [-0.2, 0) is 25.6 Å². The molecule has 28 heavy (non-hydrogen) atoms. The van der Waals surface area contributed by atoms with Crippen molar-refractivity contribution in [3.63, 3.8) is 0 Å². The van der Waals surface area contributed by atoms with Crippen molar-refractivity contribution < 1.29 is 23.9 Å². The molecule has 0 saturated carbocycles. The summed E-state index contributed by atoms with van der Waals surface area (Å²) in [5.41, 5.74) is 7.39. The van der Waals surface area contributed by atoms with Gasteiger partial charge in [0.2, 0.25) is 0 Å². The van der Waals surface area contributed by atoms with Crippen molar-refractivity contribution >= 4 is 23.5 Å². The number of ether oxygens (including phenoxy) is 2. The average molecular weight is 384 g/mol. The molecule has 0 saturated heterocycles. The number of anilines is 1. The van der Waals surface area contributed by atoms with Crippen LogP contribution in [0.3, 0.4) is 0 Å². The smallest absolute Gasteiger partial charge is 0.328 e. The molecule has 1 atom stereocenters. The van der Waals surface area contributed by atoms with Crippen molar-refractivity contribution in [2.24, 2.45) is 0 Å². The van der Waals surface area contributed by atoms with E-state index in [0.717, 1.165) is 5.56 Å². The van der Waals surface area contributed by atoms with E-state index in [1.807, 2.05) is 30.3 Å². The van der Waals surface area contributed by atoms with Crippen molar-refractivity contribution in [2.75, 3.05) is 20.0 Å². The van der Waals surface area contributed by atoms with Gasteiger partial charge < -0.3 is 20.1 Å². The number of hydrogen-bond acceptors (Lipinski definition) is 6. The molecule has 0 aliphatic rings. The first-order valence-electron chi connectivity index (χ1n) is 8.82. The van der Waals surface area contributed by atoms with Crippen molar-refractivity contribution in [2.45, 2.75) is 25.4 Å². The highest BCUT2D eigenvalue weighted by Gasteiger charge is 2.32. The molecule has 0 bridgehead atoms. The summed E-state index contributed by atoms with van der Waals surface area (Å²) in [5, 5.41) is 0. The zero-order chi connectivity index (χ0) is 20.5. The van der Waals surface area contributed by atoms with Crippen LogP contribution in [0.25, 0.3) is 0 Å². The van der Waals surface area contributed by atoms with Crippen LogP contribution in [0, 0.1) is 0 Å². The fourth-order valence-electron chi connectivity index (χ4n) is 2.84. The Labute approximate surface area is 164 Å². The molecule has 0 fully saturated rings. The van der Waals surface area contributed by atoms with Gasteiger partial charge in [-0.15, -0.1) is 0 Å². The standard InChI is InChI=1S/C21H24N2O5/c1-27-19(24)13-12-18(21(26)28-2)23(14-15-8-4-3-5-9-15)20(25)16-10-6-7-11-17(16)22/h3-11,18H,12-14,22H2,1-2H3/t18-/m0/s1. The first-order valence-corrected chi connectivity index (χ1v) is 8.82. The van der Waals surface area contributed by atoms with Gasteiger partial charge in [0, 0.05) is 18.7 Å². The Morgan fingerprint density at radius 3 is 2.21 bits per heavy atom. The minimum absolute atomic E-state index is 0.0287. The molecule has 0 aliphatic carbocycles. The number of hydrogen-bond donors (Lipinski definition) is 1. The maximum atomic E-state index is 13.3. The van der Waals surface area contributed by atoms with Gasteiger partial charge in [0.25, 0.3) is 5.91 Å². The topological polar surface area (TPSA) is 98.9 Å². The van der Waals surface area contributed by atoms with E-state index in [1.54, 1.807) is 24.3 Å². The Morgan fingerprint density at radius 1 is 0.964 bits per heavy atom. The minimum Gasteiger partial charge on any atom is -0.469 e. The molecule has 2 aromatic carbocycles. The predicted molar refractivity (Wildman–Crippen MR) is 104 cm³/mol. The lowest BCUT2D eigenvalue weighted by Crippen LogP contribution is -2.45. The lowest BCUT2D eigenvalue weighted by Gasteiger charge is -2.30. The molecule has 2 aromatic rings. The number of nitrogen functional groups attached to an aromatic ring is 1. The zero-order valence-electron chi connectivity index (χ0n) is 16.0. The second-order valence-corrected chi connectivity index (χ2v) is 6.16. The Hall–Kier alpha value is -3.35. The van der Waals surface area contributed by atoms with Crippen LogP contribution in [0.5, 0.6) is 0 Å². The maximum Gasteiger partial charge on any atom is 0.328 e. The summed E-state index contributed by atoms with van der Waals surface area (Å²) < 4.78 is 9.56. The van der Waals surface area contributed by atoms with E-state index in [1.165, 1.54) is 19.1 Å². The van der Waals surface area contributed by atoms with Crippen molar-refractivity contribution in [3.05, 3.63) is 65.7 Å². The van der Waals surface area contributed by atoms with Gasteiger partial charge in [-0.3, -0.25) is 9.59 Å². The Kier molecular flexibility index (Phi) is 7.56. The highest BCUT2D eigenvalue weighted by atomic mass is 16.5. The van der Waals surface area contributed by atoms with Gasteiger partial charge in [-0.2, -0.15) is 0 Å². The Morgan fingerprint density at radius 2 is 1.61 bits per heavy atom. The molecule has 0 aliphatic heterocycles. The molecule has 0 unspecified atom stereocenters. The van der Waals surface area contributed by atoms with Crippen LogP contribution in [0.2, 0.25) is 0 Å². The predicted octanol–water partition coefficient (Wildman–Crippen LogP) is 2.41. The number of rotatable bonds is 8. The number of methoxy groups -OCH3 is 2. The number of nitrogens with two attached hydrogens (primary N) is 1. The third-order valence-electron chi connectivity index (χ3n) is 4.35. The summed E-state index contributed by atoms with van der Waals surface area (Å²) in [7, 11) is 2.52. The average Bonchev–Trinajstić information content (AvgIpc) is 2.73. The highest BCUT2D eigenvalue weighted by molar-refractivity contribution is 6.01. The Balaban J connectivity index is 2.41. The van der Waals surface area contributed by atoms with Crippen molar-refractivity contribution in [1.82, 2.24) is 4.90 Å². The number of nitrogens with zero attached hydrogens (tertiary/aromatic N) is 1. The monoisotopic (exact) mass is 384 g/mol. The van der Waals surface area contributed by atoms with Crippen LogP contribution in [0.15, 0.2) is 54.6 Å². The molecule has 7 heteroatoms. The van der Waals surface area contributed by atoms with Crippen LogP contribution in [0.4, 0.5) is 5.69 Å². The van der Waals surface area contributed by atoms with Crippen molar-refractivity contribution in [3.8, 4) is 0 Å². The third-order valence-corrected chi connectivity index (χ3v) is 4.35. The van der Waals surface area contributed by atoms with Gasteiger partial charge in [0.05, 0.1) is 19.8 Å². The van der Waals surface area contributed by atoms with Gasteiger partial charge in [-0.05, 0) is 24.1 Å². The van der Waals surface area contributed by atoms with Gasteiger partial charge in [0.1, 0.15) is 6.04 Å². The highest BCUT2D eigenvalue weighted by Crippen LogP contribution is 2.21. The molecule has 1 amide bonds. The minimum atomic E-state index is -0.962. The number of amides is 1. The fourth-order valence-corrected chi connectivity index (χ4v) is 2.84. The van der Waals surface area contributed by atoms with Gasteiger partial charge >= 0.3 is 11.9 Å². The summed E-state index contributed by atoms with van der Waals surface area (Å²) >= 11 is 0. The largest absolute Gasteiger partial charge is 0.469 e. The van der Waals surface area contributed by atoms with E-state index in [9.17, 15) is 14.4 Å². The summed E-state index contributed by atoms with van der Waals surface area (Å²) in [5.74, 6) is -1.50. The number of carbonyl (C=O) groups excluding carboxylic acids is 3. The SMILES string of the molecule is COC(=O)CC[C@@H](C(=O)OC)N(Cc1ccccc1)C(=O)c1ccccc1N. The maximum absolute atomic E-state index is 13.3. The van der Waals surface area contributed by atoms with E-state index in [2.05, 4.69) is 4.74 Å². The number of carbonyl (C=O) groups is 3. The van der Waals surface area contributed by atoms with Crippen molar-refractivity contribution in [1.29, 1.82) is 0 Å². The van der Waals surface area contributed by atoms with E-state index < -0.39 is 23.9 Å². The summed E-state index contributed by atoms with van der Waals surface area (Å²) in [4.78, 5) is 38.7. The van der Waals surface area contributed by atoms with E-state index in [-0.39, 0.29) is 24.9 Å². The van der Waals surface area contributed by atoms with Crippen LogP contribution >= 0.6 is 0 Å². The van der Waals surface area contributed by atoms with Gasteiger partial charge in [-0.1, -0.05) is 42.5 Å². The summed E-state index contributed by atoms with van der Waals surface area (Å²) in [6.07, 6.45) is 0.0454. The number of esters is 2. The molecule has 0 aromatic heterocycles. The fraction of sp³-hybridized carbons (Fsp3) is 0.286. The van der Waals surface area contributed by atoms with E-state index in [0.29, 0.717) is 5.69 Å². The molecular formula is C21H24N2O5. The molecule has 0 heterocycles. The van der Waals surface area contributed by atoms with Crippen LogP contribution in [-0.4, -0.2) is 43.0 Å². The zero-order valence-corrected chi connectivity index (χ0v) is 16.0. The molecule has 2 rings (SSSR count). The van der Waals surface area contributed by atoms with Crippen LogP contribution in [0.1, 0.15) is 28.8 Å². The lowest BCUT2D eigenvalue weighted by molar-refractivity contribution is -0.147. The normalized spacial score (nSPS) is 11.4. The lowest BCUT2D eigenvalue weighted by atomic mass is 10.0. The number of benzene rings is 2. The quantitative estimate of drug-likeness (QED) is 0.554. The molecule has 0 radical (unpaired) electrons. The summed E-state index contributed by atoms with van der Waals surface area (Å²) in [6.45, 7) is 0.162. The molecule has 2 N–H and O–H groups in total. The van der Waals surface area contributed by atoms with E-state index in [4.69, 9.17) is 10.5 Å². The second kappa shape index (κ2) is 10.1. The van der Waals surface area contributed by atoms with Gasteiger partial charge in [0.15, 0.2) is 0 Å². The third kappa shape index (κ3) is 5.33. The summed E-state index contributed by atoms with van der Waals surface area (Å²) in [6, 6.07) is 14.9. The first kappa shape index (κ1) is 21.0. The number of para-hydroxylation sites is 1. The molecule has 148 valence electrons. The second-order valence-electron chi connectivity index (χ2n) is 6.16. The first-order chi connectivity index (χ1) is 13.5. The Bertz CT molecular complexity index is 823.